The van der Waals surface area contributed by atoms with Gasteiger partial charge in [0.1, 0.15) is 11.8 Å². The highest BCUT2D eigenvalue weighted by molar-refractivity contribution is 6.31. The molecule has 1 N–H and O–H groups in total. The van der Waals surface area contributed by atoms with Gasteiger partial charge >= 0.3 is 0 Å². The molecule has 1 aliphatic heterocycles. The molecule has 23 heavy (non-hydrogen) atoms. The number of likely N-dealkylation sites (N-methyl/N-ethyl adjacent to an activating group) is 1. The average molecular weight is 340 g/mol. The van der Waals surface area contributed by atoms with Gasteiger partial charge in [0.05, 0.1) is 12.8 Å². The van der Waals surface area contributed by atoms with Crippen LogP contribution in [0, 0.1) is 6.92 Å². The fraction of sp³-hybridized carbons (Fsp3) is 0.588. The van der Waals surface area contributed by atoms with E-state index in [-0.39, 0.29) is 11.9 Å². The second-order valence-corrected chi connectivity index (χ2v) is 6.33. The summed E-state index contributed by atoms with van der Waals surface area (Å²) in [6.45, 7) is 10.5. The lowest BCUT2D eigenvalue weighted by Gasteiger charge is -2.35. The van der Waals surface area contributed by atoms with Crippen LogP contribution in [-0.2, 0) is 4.79 Å². The fourth-order valence-corrected chi connectivity index (χ4v) is 2.95. The normalized spacial score (nSPS) is 17.0. The molecule has 0 aliphatic carbocycles. The first-order valence-corrected chi connectivity index (χ1v) is 8.45. The Morgan fingerprint density at radius 2 is 2.00 bits per heavy atom. The Labute approximate surface area is 143 Å². The first-order valence-electron chi connectivity index (χ1n) is 8.08. The van der Waals surface area contributed by atoms with Gasteiger partial charge in [0, 0.05) is 37.3 Å². The summed E-state index contributed by atoms with van der Waals surface area (Å²) in [5.41, 5.74) is 1.74. The van der Waals surface area contributed by atoms with Crippen molar-refractivity contribution in [1.29, 1.82) is 0 Å². The van der Waals surface area contributed by atoms with Gasteiger partial charge in [-0.2, -0.15) is 0 Å². The number of hydrogen-bond donors (Lipinski definition) is 1. The maximum absolute atomic E-state index is 12.6. The molecule has 1 saturated heterocycles. The second-order valence-electron chi connectivity index (χ2n) is 5.93. The summed E-state index contributed by atoms with van der Waals surface area (Å²) in [4.78, 5) is 16.9. The van der Waals surface area contributed by atoms with Crippen molar-refractivity contribution >= 4 is 23.2 Å². The van der Waals surface area contributed by atoms with Crippen LogP contribution in [0.25, 0.3) is 0 Å². The molecule has 0 spiro atoms. The summed E-state index contributed by atoms with van der Waals surface area (Å²) < 4.78 is 5.36. The quantitative estimate of drug-likeness (QED) is 0.895. The molecule has 1 aromatic rings. The van der Waals surface area contributed by atoms with Gasteiger partial charge in [0.15, 0.2) is 0 Å². The van der Waals surface area contributed by atoms with Crippen molar-refractivity contribution in [3.8, 4) is 5.75 Å². The molecule has 1 atom stereocenters. The summed E-state index contributed by atoms with van der Waals surface area (Å²) in [6.07, 6.45) is 0. The SMILES string of the molecule is CCN1CCN(C(=O)[C@@H](C)Nc2cc(C)c(Cl)cc2OC)CC1. The Hall–Kier alpha value is -1.46. The molecule has 0 bridgehead atoms. The van der Waals surface area contributed by atoms with Crippen molar-refractivity contribution in [2.75, 3.05) is 45.2 Å². The minimum Gasteiger partial charge on any atom is -0.495 e. The van der Waals surface area contributed by atoms with Gasteiger partial charge in [-0.25, -0.2) is 0 Å². The molecule has 6 heteroatoms. The van der Waals surface area contributed by atoms with Crippen LogP contribution >= 0.6 is 11.6 Å². The minimum atomic E-state index is -0.308. The molecule has 128 valence electrons. The summed E-state index contributed by atoms with van der Waals surface area (Å²) in [6, 6.07) is 3.38. The number of carbonyl (C=O) groups is 1. The van der Waals surface area contributed by atoms with Crippen LogP contribution in [0.4, 0.5) is 5.69 Å². The van der Waals surface area contributed by atoms with Crippen LogP contribution < -0.4 is 10.1 Å². The zero-order valence-corrected chi connectivity index (χ0v) is 15.1. The number of aryl methyl sites for hydroxylation is 1. The largest absolute Gasteiger partial charge is 0.495 e. The molecule has 0 saturated carbocycles. The van der Waals surface area contributed by atoms with Crippen LogP contribution in [0.1, 0.15) is 19.4 Å². The Balaban J connectivity index is 2.03. The topological polar surface area (TPSA) is 44.8 Å². The van der Waals surface area contributed by atoms with E-state index in [9.17, 15) is 4.79 Å². The van der Waals surface area contributed by atoms with E-state index in [2.05, 4.69) is 17.1 Å². The third-order valence-electron chi connectivity index (χ3n) is 4.35. The molecular formula is C17H26ClN3O2. The number of halogens is 1. The Morgan fingerprint density at radius 1 is 1.35 bits per heavy atom. The van der Waals surface area contributed by atoms with Gasteiger partial charge in [-0.15, -0.1) is 0 Å². The number of benzene rings is 1. The predicted molar refractivity (Wildman–Crippen MR) is 94.5 cm³/mol. The number of carbonyl (C=O) groups excluding carboxylic acids is 1. The van der Waals surface area contributed by atoms with E-state index in [1.165, 1.54) is 0 Å². The van der Waals surface area contributed by atoms with Crippen molar-refractivity contribution in [1.82, 2.24) is 9.80 Å². The van der Waals surface area contributed by atoms with Crippen molar-refractivity contribution in [3.63, 3.8) is 0 Å². The molecule has 0 radical (unpaired) electrons. The molecule has 1 fully saturated rings. The van der Waals surface area contributed by atoms with Gasteiger partial charge in [-0.1, -0.05) is 18.5 Å². The third kappa shape index (κ3) is 4.30. The van der Waals surface area contributed by atoms with Crippen molar-refractivity contribution in [3.05, 3.63) is 22.7 Å². The number of methoxy groups -OCH3 is 1. The number of hydrogen-bond acceptors (Lipinski definition) is 4. The van der Waals surface area contributed by atoms with Crippen LogP contribution in [0.3, 0.4) is 0 Å². The van der Waals surface area contributed by atoms with E-state index in [1.807, 2.05) is 24.8 Å². The average Bonchev–Trinajstić information content (AvgIpc) is 2.57. The smallest absolute Gasteiger partial charge is 0.244 e. The number of piperazine rings is 1. The van der Waals surface area contributed by atoms with Gasteiger partial charge in [0.2, 0.25) is 5.91 Å². The van der Waals surface area contributed by atoms with E-state index >= 15 is 0 Å². The molecule has 0 unspecified atom stereocenters. The molecule has 1 aliphatic rings. The number of ether oxygens (including phenoxy) is 1. The number of amides is 1. The summed E-state index contributed by atoms with van der Waals surface area (Å²) >= 11 is 6.13. The number of nitrogens with one attached hydrogen (secondary N) is 1. The lowest BCUT2D eigenvalue weighted by Crippen LogP contribution is -2.52. The van der Waals surface area contributed by atoms with E-state index < -0.39 is 0 Å². The second kappa shape index (κ2) is 7.88. The molecular weight excluding hydrogens is 314 g/mol. The zero-order valence-electron chi connectivity index (χ0n) is 14.4. The lowest BCUT2D eigenvalue weighted by molar-refractivity contribution is -0.133. The highest BCUT2D eigenvalue weighted by Crippen LogP contribution is 2.31. The first kappa shape index (κ1) is 17.9. The number of anilines is 1. The Bertz CT molecular complexity index is 557. The molecule has 5 nitrogen and oxygen atoms in total. The maximum atomic E-state index is 12.6. The fourth-order valence-electron chi connectivity index (χ4n) is 2.80. The van der Waals surface area contributed by atoms with Gasteiger partial charge < -0.3 is 19.9 Å². The Morgan fingerprint density at radius 3 is 2.57 bits per heavy atom. The Kier molecular flexibility index (Phi) is 6.13. The molecule has 1 aromatic carbocycles. The predicted octanol–water partition coefficient (Wildman–Crippen LogP) is 2.62. The molecule has 1 amide bonds. The van der Waals surface area contributed by atoms with E-state index in [4.69, 9.17) is 16.3 Å². The number of rotatable bonds is 5. The van der Waals surface area contributed by atoms with Crippen molar-refractivity contribution in [2.45, 2.75) is 26.8 Å². The number of nitrogens with zero attached hydrogens (tertiary/aromatic N) is 2. The zero-order chi connectivity index (χ0) is 17.0. The van der Waals surface area contributed by atoms with E-state index in [0.29, 0.717) is 10.8 Å². The van der Waals surface area contributed by atoms with Crippen molar-refractivity contribution in [2.24, 2.45) is 0 Å². The van der Waals surface area contributed by atoms with Crippen LogP contribution in [-0.4, -0.2) is 61.6 Å². The summed E-state index contributed by atoms with van der Waals surface area (Å²) in [5.74, 6) is 0.770. The van der Waals surface area contributed by atoms with Crippen molar-refractivity contribution < 1.29 is 9.53 Å². The van der Waals surface area contributed by atoms with Crippen LogP contribution in [0.2, 0.25) is 5.02 Å². The first-order chi connectivity index (χ1) is 11.0. The minimum absolute atomic E-state index is 0.121. The molecule has 0 aromatic heterocycles. The monoisotopic (exact) mass is 339 g/mol. The van der Waals surface area contributed by atoms with Gasteiger partial charge in [-0.3, -0.25) is 4.79 Å². The highest BCUT2D eigenvalue weighted by atomic mass is 35.5. The van der Waals surface area contributed by atoms with Gasteiger partial charge in [0.25, 0.3) is 0 Å². The van der Waals surface area contributed by atoms with E-state index in [1.54, 1.807) is 13.2 Å². The molecule has 1 heterocycles. The third-order valence-corrected chi connectivity index (χ3v) is 4.76. The van der Waals surface area contributed by atoms with Crippen LogP contribution in [0.15, 0.2) is 12.1 Å². The summed E-state index contributed by atoms with van der Waals surface area (Å²) in [5, 5.41) is 3.92. The van der Waals surface area contributed by atoms with Gasteiger partial charge in [-0.05, 0) is 32.0 Å². The lowest BCUT2D eigenvalue weighted by atomic mass is 10.1. The maximum Gasteiger partial charge on any atom is 0.244 e. The standard InChI is InChI=1S/C17H26ClN3O2/c1-5-20-6-8-21(9-7-20)17(22)13(3)19-15-10-12(2)14(18)11-16(15)23-4/h10-11,13,19H,5-9H2,1-4H3/t13-/m1/s1. The van der Waals surface area contributed by atoms with E-state index in [0.717, 1.165) is 44.0 Å². The highest BCUT2D eigenvalue weighted by Gasteiger charge is 2.25. The summed E-state index contributed by atoms with van der Waals surface area (Å²) in [7, 11) is 1.60. The van der Waals surface area contributed by atoms with Crippen LogP contribution in [0.5, 0.6) is 5.75 Å². The molecule has 2 rings (SSSR count).